The SMILES string of the molecule is CC(C)Oc1cccnc1C(=O)Nc1ccc2c(c1)n(C)c(=O)n2C. The maximum absolute atomic E-state index is 12.6. The van der Waals surface area contributed by atoms with Crippen molar-refractivity contribution >= 4 is 22.6 Å². The zero-order chi connectivity index (χ0) is 18.1. The molecule has 0 bridgehead atoms. The van der Waals surface area contributed by atoms with Crippen molar-refractivity contribution in [3.8, 4) is 5.75 Å². The van der Waals surface area contributed by atoms with Crippen LogP contribution in [0.3, 0.4) is 0 Å². The van der Waals surface area contributed by atoms with E-state index in [2.05, 4.69) is 10.3 Å². The van der Waals surface area contributed by atoms with E-state index in [4.69, 9.17) is 4.74 Å². The monoisotopic (exact) mass is 340 g/mol. The number of aryl methyl sites for hydroxylation is 2. The molecule has 0 saturated heterocycles. The molecule has 0 aliphatic carbocycles. The Kier molecular flexibility index (Phi) is 4.31. The molecule has 0 fully saturated rings. The summed E-state index contributed by atoms with van der Waals surface area (Å²) in [7, 11) is 3.41. The third-order valence-corrected chi connectivity index (χ3v) is 3.88. The molecule has 1 aromatic carbocycles. The van der Waals surface area contributed by atoms with Crippen molar-refractivity contribution in [1.29, 1.82) is 0 Å². The van der Waals surface area contributed by atoms with Crippen LogP contribution in [0.5, 0.6) is 5.75 Å². The normalized spacial score (nSPS) is 11.1. The number of anilines is 1. The Morgan fingerprint density at radius 3 is 2.60 bits per heavy atom. The molecule has 130 valence electrons. The van der Waals surface area contributed by atoms with Crippen LogP contribution in [0.4, 0.5) is 5.69 Å². The van der Waals surface area contributed by atoms with E-state index in [0.717, 1.165) is 11.0 Å². The molecule has 3 rings (SSSR count). The zero-order valence-corrected chi connectivity index (χ0v) is 14.6. The number of hydrogen-bond acceptors (Lipinski definition) is 4. The summed E-state index contributed by atoms with van der Waals surface area (Å²) in [6.07, 6.45) is 1.48. The molecule has 2 aromatic heterocycles. The lowest BCUT2D eigenvalue weighted by Crippen LogP contribution is -2.19. The largest absolute Gasteiger partial charge is 0.489 e. The Morgan fingerprint density at radius 1 is 1.16 bits per heavy atom. The summed E-state index contributed by atoms with van der Waals surface area (Å²) in [6, 6.07) is 8.76. The highest BCUT2D eigenvalue weighted by Crippen LogP contribution is 2.21. The fraction of sp³-hybridized carbons (Fsp3) is 0.278. The van der Waals surface area contributed by atoms with Crippen LogP contribution in [0.1, 0.15) is 24.3 Å². The van der Waals surface area contributed by atoms with Crippen molar-refractivity contribution in [3.05, 3.63) is 52.7 Å². The Balaban J connectivity index is 1.93. The van der Waals surface area contributed by atoms with E-state index in [0.29, 0.717) is 11.4 Å². The van der Waals surface area contributed by atoms with Gasteiger partial charge in [-0.3, -0.25) is 13.9 Å². The number of rotatable bonds is 4. The van der Waals surface area contributed by atoms with Crippen molar-refractivity contribution in [2.45, 2.75) is 20.0 Å². The van der Waals surface area contributed by atoms with Gasteiger partial charge in [-0.1, -0.05) is 0 Å². The number of carbonyl (C=O) groups excluding carboxylic acids is 1. The number of carbonyl (C=O) groups is 1. The molecule has 7 heteroatoms. The number of amides is 1. The minimum Gasteiger partial charge on any atom is -0.489 e. The van der Waals surface area contributed by atoms with Gasteiger partial charge >= 0.3 is 5.69 Å². The first kappa shape index (κ1) is 16.8. The number of pyridine rings is 1. The van der Waals surface area contributed by atoms with Gasteiger partial charge in [-0.2, -0.15) is 0 Å². The van der Waals surface area contributed by atoms with E-state index in [1.54, 1.807) is 59.8 Å². The molecule has 0 atom stereocenters. The average molecular weight is 340 g/mol. The number of hydrogen-bond donors (Lipinski definition) is 1. The van der Waals surface area contributed by atoms with Gasteiger partial charge in [-0.25, -0.2) is 9.78 Å². The predicted molar refractivity (Wildman–Crippen MR) is 96.1 cm³/mol. The molecule has 1 N–H and O–H groups in total. The third kappa shape index (κ3) is 3.13. The zero-order valence-electron chi connectivity index (χ0n) is 14.6. The van der Waals surface area contributed by atoms with Gasteiger partial charge in [0.25, 0.3) is 5.91 Å². The van der Waals surface area contributed by atoms with E-state index < -0.39 is 0 Å². The van der Waals surface area contributed by atoms with Gasteiger partial charge in [-0.15, -0.1) is 0 Å². The van der Waals surface area contributed by atoms with Crippen LogP contribution in [-0.2, 0) is 14.1 Å². The average Bonchev–Trinajstić information content (AvgIpc) is 2.79. The molecular weight excluding hydrogens is 320 g/mol. The topological polar surface area (TPSA) is 78.2 Å². The lowest BCUT2D eigenvalue weighted by molar-refractivity contribution is 0.101. The Bertz CT molecular complexity index is 1000. The van der Waals surface area contributed by atoms with Gasteiger partial charge in [-0.05, 0) is 44.2 Å². The van der Waals surface area contributed by atoms with Gasteiger partial charge in [0.05, 0.1) is 17.1 Å². The minimum absolute atomic E-state index is 0.0639. The molecule has 0 radical (unpaired) electrons. The Hall–Kier alpha value is -3.09. The van der Waals surface area contributed by atoms with E-state index in [1.807, 2.05) is 13.8 Å². The summed E-state index contributed by atoms with van der Waals surface area (Å²) in [5.41, 5.74) is 2.23. The first-order valence-electron chi connectivity index (χ1n) is 7.97. The number of imidazole rings is 1. The van der Waals surface area contributed by atoms with Gasteiger partial charge in [0, 0.05) is 26.0 Å². The lowest BCUT2D eigenvalue weighted by atomic mass is 10.2. The molecule has 0 aliphatic rings. The molecule has 0 unspecified atom stereocenters. The molecule has 25 heavy (non-hydrogen) atoms. The fourth-order valence-corrected chi connectivity index (χ4v) is 2.68. The van der Waals surface area contributed by atoms with E-state index in [-0.39, 0.29) is 23.4 Å². The van der Waals surface area contributed by atoms with Crippen molar-refractivity contribution in [2.75, 3.05) is 5.32 Å². The van der Waals surface area contributed by atoms with E-state index in [9.17, 15) is 9.59 Å². The predicted octanol–water partition coefficient (Wildman–Crippen LogP) is 2.31. The van der Waals surface area contributed by atoms with Crippen LogP contribution in [0.25, 0.3) is 11.0 Å². The van der Waals surface area contributed by atoms with Gasteiger partial charge in [0.15, 0.2) is 11.4 Å². The number of aromatic nitrogens is 3. The Morgan fingerprint density at radius 2 is 1.88 bits per heavy atom. The van der Waals surface area contributed by atoms with Crippen LogP contribution < -0.4 is 15.7 Å². The standard InChI is InChI=1S/C18H20N4O3/c1-11(2)25-15-6-5-9-19-16(15)17(23)20-12-7-8-13-14(10-12)22(4)18(24)21(13)3/h5-11H,1-4H3,(H,20,23). The molecule has 3 aromatic rings. The highest BCUT2D eigenvalue weighted by molar-refractivity contribution is 6.05. The van der Waals surface area contributed by atoms with E-state index >= 15 is 0 Å². The maximum Gasteiger partial charge on any atom is 0.328 e. The number of fused-ring (bicyclic) bond motifs is 1. The summed E-state index contributed by atoms with van der Waals surface area (Å²) in [4.78, 5) is 28.7. The molecule has 1 amide bonds. The number of benzene rings is 1. The van der Waals surface area contributed by atoms with Crippen LogP contribution in [0.15, 0.2) is 41.3 Å². The van der Waals surface area contributed by atoms with Crippen LogP contribution in [0, 0.1) is 0 Å². The Labute approximate surface area is 144 Å². The number of nitrogens with one attached hydrogen (secondary N) is 1. The smallest absolute Gasteiger partial charge is 0.328 e. The van der Waals surface area contributed by atoms with Crippen LogP contribution in [0.2, 0.25) is 0 Å². The summed E-state index contributed by atoms with van der Waals surface area (Å²) in [5, 5.41) is 2.81. The molecule has 0 aliphatic heterocycles. The number of nitrogens with zero attached hydrogens (tertiary/aromatic N) is 3. The minimum atomic E-state index is -0.364. The first-order valence-corrected chi connectivity index (χ1v) is 7.97. The summed E-state index contributed by atoms with van der Waals surface area (Å²) >= 11 is 0. The molecule has 2 heterocycles. The highest BCUT2D eigenvalue weighted by atomic mass is 16.5. The maximum atomic E-state index is 12.6. The summed E-state index contributed by atoms with van der Waals surface area (Å²) in [6.45, 7) is 3.77. The van der Waals surface area contributed by atoms with Crippen molar-refractivity contribution in [2.24, 2.45) is 14.1 Å². The summed E-state index contributed by atoms with van der Waals surface area (Å²) in [5.74, 6) is 0.0692. The molecular formula is C18H20N4O3. The van der Waals surface area contributed by atoms with Gasteiger partial charge in [0.1, 0.15) is 0 Å². The number of ether oxygens (including phenoxy) is 1. The highest BCUT2D eigenvalue weighted by Gasteiger charge is 2.16. The molecule has 0 saturated carbocycles. The third-order valence-electron chi connectivity index (χ3n) is 3.88. The van der Waals surface area contributed by atoms with Crippen molar-refractivity contribution in [1.82, 2.24) is 14.1 Å². The van der Waals surface area contributed by atoms with Crippen molar-refractivity contribution < 1.29 is 9.53 Å². The van der Waals surface area contributed by atoms with E-state index in [1.165, 1.54) is 0 Å². The lowest BCUT2D eigenvalue weighted by Gasteiger charge is -2.13. The second-order valence-corrected chi connectivity index (χ2v) is 6.07. The molecule has 0 spiro atoms. The van der Waals surface area contributed by atoms with Gasteiger partial charge < -0.3 is 10.1 Å². The van der Waals surface area contributed by atoms with Crippen molar-refractivity contribution in [3.63, 3.8) is 0 Å². The van der Waals surface area contributed by atoms with Gasteiger partial charge in [0.2, 0.25) is 0 Å². The second-order valence-electron chi connectivity index (χ2n) is 6.07. The van der Waals surface area contributed by atoms with Crippen LogP contribution >= 0.6 is 0 Å². The fourth-order valence-electron chi connectivity index (χ4n) is 2.68. The molecule has 7 nitrogen and oxygen atoms in total. The van der Waals surface area contributed by atoms with Crippen LogP contribution in [-0.4, -0.2) is 26.1 Å². The second kappa shape index (κ2) is 6.43. The quantitative estimate of drug-likeness (QED) is 0.790. The summed E-state index contributed by atoms with van der Waals surface area (Å²) < 4.78 is 8.74. The first-order chi connectivity index (χ1) is 11.9.